The summed E-state index contributed by atoms with van der Waals surface area (Å²) in [5.41, 5.74) is 12.5. The molecule has 0 aliphatic rings. The minimum atomic E-state index is -0.226. The molecule has 6 aromatic heterocycles. The molecular formula is C36H47B2N12TeU. The van der Waals surface area contributed by atoms with Crippen molar-refractivity contribution < 1.29 is 31.1 Å². The summed E-state index contributed by atoms with van der Waals surface area (Å²) in [6, 6.07) is 22.7. The second-order valence-electron chi connectivity index (χ2n) is 13.2. The Hall–Kier alpha value is -3.55. The Morgan fingerprint density at radius 3 is 0.673 bits per heavy atom. The van der Waals surface area contributed by atoms with Gasteiger partial charge in [0.15, 0.2) is 0 Å². The van der Waals surface area contributed by atoms with Gasteiger partial charge in [-0.1, -0.05) is 0 Å². The summed E-state index contributed by atoms with van der Waals surface area (Å²) in [6.45, 7) is 24.4. The average Bonchev–Trinajstić information content (AvgIpc) is 3.88. The third-order valence-electron chi connectivity index (χ3n) is 8.32. The molecule has 16 heteroatoms. The van der Waals surface area contributed by atoms with Crippen molar-refractivity contribution in [3.05, 3.63) is 135 Å². The molecule has 0 bridgehead atoms. The van der Waals surface area contributed by atoms with Crippen molar-refractivity contribution in [3.63, 3.8) is 0 Å². The molecule has 0 N–H and O–H groups in total. The standard InChI is InChI=1S/2C15H21BN6.C6H5Te.U/c2*1-10-7-13(4)20(17-10)16(21-14(5)8-11(2)18-21)22-15(6)9-12(3)19-22;7-6-4-2-1-3-5-6;/h2*7-9H,1-6H3;1-5H;. The van der Waals surface area contributed by atoms with Crippen LogP contribution in [0.5, 0.6) is 0 Å². The van der Waals surface area contributed by atoms with E-state index >= 15 is 0 Å². The molecule has 0 aliphatic carbocycles. The SMILES string of the molecule is Cc1cc(C)n(B(n2nc(C)cc2C)n2nc(C)cc2C)n1.Cc1cc(C)n(B(n2nc(C)cc2C)n2nc(C)cc2C)n1.[Te]c1ccccc1.[U]. The van der Waals surface area contributed by atoms with Crippen molar-refractivity contribution in [1.82, 2.24) is 58.1 Å². The number of hydrogen-bond donors (Lipinski definition) is 0. The molecule has 0 amide bonds. The molecule has 7 rings (SSSR count). The van der Waals surface area contributed by atoms with Crippen LogP contribution in [-0.2, 0) is 0 Å². The minimum Gasteiger partial charge on any atom is 0 e. The second-order valence-corrected chi connectivity index (χ2v) is 14.6. The Balaban J connectivity index is 0.000000193. The summed E-state index contributed by atoms with van der Waals surface area (Å²) < 4.78 is 13.2. The zero-order chi connectivity index (χ0) is 37.1. The molecule has 1 radical (unpaired) electrons. The quantitative estimate of drug-likeness (QED) is 0.226. The van der Waals surface area contributed by atoms with E-state index in [1.165, 1.54) is 3.61 Å². The van der Waals surface area contributed by atoms with E-state index in [2.05, 4.69) is 121 Å². The van der Waals surface area contributed by atoms with Gasteiger partial charge in [-0.15, -0.1) is 0 Å². The van der Waals surface area contributed by atoms with Gasteiger partial charge in [0, 0.05) is 65.3 Å². The number of benzene rings is 1. The first-order valence-electron chi connectivity index (χ1n) is 17.0. The zero-order valence-corrected chi connectivity index (χ0v) is 38.8. The van der Waals surface area contributed by atoms with E-state index in [9.17, 15) is 0 Å². The summed E-state index contributed by atoms with van der Waals surface area (Å²) in [4.78, 5) is 0. The van der Waals surface area contributed by atoms with Crippen molar-refractivity contribution in [2.75, 3.05) is 0 Å². The van der Waals surface area contributed by atoms with Gasteiger partial charge in [0.05, 0.1) is 34.2 Å². The first kappa shape index (κ1) is 41.2. The van der Waals surface area contributed by atoms with Crippen molar-refractivity contribution in [2.45, 2.75) is 83.1 Å². The van der Waals surface area contributed by atoms with Gasteiger partial charge in [-0.05, 0) is 119 Å². The largest absolute Gasteiger partial charge is 0 e. The molecule has 0 aliphatic heterocycles. The van der Waals surface area contributed by atoms with Crippen LogP contribution in [0.3, 0.4) is 0 Å². The van der Waals surface area contributed by atoms with Gasteiger partial charge in [-0.25, -0.2) is 0 Å². The fourth-order valence-electron chi connectivity index (χ4n) is 6.32. The molecule has 0 unspecified atom stereocenters. The molecule has 52 heavy (non-hydrogen) atoms. The smallest absolute Gasteiger partial charge is 0 e. The van der Waals surface area contributed by atoms with Crippen LogP contribution in [0.15, 0.2) is 66.7 Å². The van der Waals surface area contributed by atoms with Crippen LogP contribution < -0.4 is 3.61 Å². The van der Waals surface area contributed by atoms with Gasteiger partial charge in [0.25, 0.3) is 0 Å². The summed E-state index contributed by atoms with van der Waals surface area (Å²) in [7, 11) is -0.452. The number of hydrogen-bond acceptors (Lipinski definition) is 6. The summed E-state index contributed by atoms with van der Waals surface area (Å²) in [5.74, 6) is 0. The molecule has 0 saturated carbocycles. The van der Waals surface area contributed by atoms with Crippen molar-refractivity contribution in [1.29, 1.82) is 0 Å². The Labute approximate surface area is 344 Å². The molecule has 1 aromatic carbocycles. The first-order chi connectivity index (χ1) is 24.1. The van der Waals surface area contributed by atoms with Crippen LogP contribution in [0, 0.1) is 114 Å². The van der Waals surface area contributed by atoms with Crippen LogP contribution in [0.4, 0.5) is 0 Å². The monoisotopic (exact) mass is 1040 g/mol. The molecular weight excluding hydrogens is 988 g/mol. The maximum atomic E-state index is 4.66. The predicted molar refractivity (Wildman–Crippen MR) is 206 cm³/mol. The van der Waals surface area contributed by atoms with Crippen LogP contribution in [0.25, 0.3) is 0 Å². The molecule has 7 aromatic rings. The second kappa shape index (κ2) is 17.5. The maximum absolute atomic E-state index is 4.66. The van der Waals surface area contributed by atoms with Gasteiger partial charge in [0.2, 0.25) is 0 Å². The van der Waals surface area contributed by atoms with Crippen molar-refractivity contribution >= 4 is 40.1 Å². The van der Waals surface area contributed by atoms with E-state index in [0.717, 1.165) is 68.3 Å². The number of aryl methyl sites for hydroxylation is 12. The first-order valence-corrected chi connectivity index (χ1v) is 18.2. The van der Waals surface area contributed by atoms with Crippen molar-refractivity contribution in [3.8, 4) is 0 Å². The predicted octanol–water partition coefficient (Wildman–Crippen LogP) is 4.59. The molecule has 0 fully saturated rings. The van der Waals surface area contributed by atoms with E-state index in [1.54, 1.807) is 0 Å². The van der Waals surface area contributed by atoms with Crippen LogP contribution in [-0.4, -0.2) is 94.7 Å². The molecule has 267 valence electrons. The summed E-state index contributed by atoms with van der Waals surface area (Å²) >= 11 is 2.02. The third kappa shape index (κ3) is 9.51. The maximum Gasteiger partial charge on any atom is 0 e. The van der Waals surface area contributed by atoms with Crippen LogP contribution in [0.2, 0.25) is 0 Å². The number of aromatic nitrogens is 12. The molecule has 0 saturated heterocycles. The Kier molecular flexibility index (Phi) is 13.9. The van der Waals surface area contributed by atoms with Gasteiger partial charge >= 0.3 is 70.5 Å². The molecule has 0 spiro atoms. The van der Waals surface area contributed by atoms with E-state index in [-0.39, 0.29) is 45.3 Å². The minimum absolute atomic E-state index is 0. The normalized spacial score (nSPS) is 10.6. The average molecular weight is 1040 g/mol. The van der Waals surface area contributed by atoms with E-state index in [4.69, 9.17) is 0 Å². The third-order valence-corrected chi connectivity index (χ3v) is 9.10. The topological polar surface area (TPSA) is 107 Å². The van der Waals surface area contributed by atoms with Gasteiger partial charge < -0.3 is 0 Å². The van der Waals surface area contributed by atoms with E-state index in [1.807, 2.05) is 110 Å². The fourth-order valence-corrected chi connectivity index (χ4v) is 6.77. The number of rotatable bonds is 6. The number of nitrogens with zero attached hydrogens (tertiary/aromatic N) is 12. The Morgan fingerprint density at radius 1 is 0.365 bits per heavy atom. The van der Waals surface area contributed by atoms with E-state index < -0.39 is 0 Å². The summed E-state index contributed by atoms with van der Waals surface area (Å²) in [6.07, 6.45) is 0. The van der Waals surface area contributed by atoms with Crippen molar-refractivity contribution in [2.24, 2.45) is 0 Å². The molecule has 6 heterocycles. The Morgan fingerprint density at radius 2 is 0.558 bits per heavy atom. The van der Waals surface area contributed by atoms with Gasteiger partial charge in [-0.3, -0.25) is 27.6 Å². The van der Waals surface area contributed by atoms with Crippen LogP contribution >= 0.6 is 0 Å². The fraction of sp³-hybridized carbons (Fsp3) is 0.333. The molecule has 12 nitrogen and oxygen atoms in total. The van der Waals surface area contributed by atoms with Gasteiger partial charge in [0.1, 0.15) is 0 Å². The Bertz CT molecular complexity index is 1880. The van der Waals surface area contributed by atoms with Crippen LogP contribution in [0.1, 0.15) is 68.3 Å². The van der Waals surface area contributed by atoms with E-state index in [0.29, 0.717) is 0 Å². The summed E-state index contributed by atoms with van der Waals surface area (Å²) in [5, 5.41) is 28.0. The zero-order valence-electron chi connectivity index (χ0n) is 32.3. The van der Waals surface area contributed by atoms with Gasteiger partial charge in [-0.2, -0.15) is 30.6 Å². The molecule has 0 atom stereocenters.